The summed E-state index contributed by atoms with van der Waals surface area (Å²) >= 11 is 0. The van der Waals surface area contributed by atoms with Gasteiger partial charge in [-0.3, -0.25) is 9.59 Å². The summed E-state index contributed by atoms with van der Waals surface area (Å²) in [6.07, 6.45) is 3.23. The summed E-state index contributed by atoms with van der Waals surface area (Å²) in [5, 5.41) is 0.480. The number of benzene rings is 3. The van der Waals surface area contributed by atoms with Crippen LogP contribution in [0.4, 0.5) is 0 Å². The van der Waals surface area contributed by atoms with Gasteiger partial charge in [0.1, 0.15) is 11.3 Å². The van der Waals surface area contributed by atoms with E-state index in [4.69, 9.17) is 9.15 Å². The third-order valence-corrected chi connectivity index (χ3v) is 6.54. The molecule has 1 aliphatic heterocycles. The number of carbonyl (C=O) groups excluding carboxylic acids is 1. The molecule has 5 heteroatoms. The van der Waals surface area contributed by atoms with E-state index in [9.17, 15) is 9.59 Å². The predicted octanol–water partition coefficient (Wildman–Crippen LogP) is 6.42. The van der Waals surface area contributed by atoms with E-state index < -0.39 is 6.04 Å². The third-order valence-electron chi connectivity index (χ3n) is 6.54. The van der Waals surface area contributed by atoms with Gasteiger partial charge in [0.05, 0.1) is 23.6 Å². The molecule has 0 saturated heterocycles. The van der Waals surface area contributed by atoms with Crippen molar-refractivity contribution >= 4 is 16.9 Å². The number of unbranched alkanes of at least 4 members (excludes halogenated alkanes) is 2. The van der Waals surface area contributed by atoms with Gasteiger partial charge in [0.2, 0.25) is 5.76 Å². The molecule has 3 aromatic carbocycles. The van der Waals surface area contributed by atoms with E-state index in [2.05, 4.69) is 6.92 Å². The third kappa shape index (κ3) is 4.46. The first-order valence-electron chi connectivity index (χ1n) is 12.2. The Balaban J connectivity index is 1.59. The van der Waals surface area contributed by atoms with E-state index in [0.717, 1.165) is 41.7 Å². The second-order valence-corrected chi connectivity index (χ2v) is 9.12. The monoisotopic (exact) mass is 467 g/mol. The number of carbonyl (C=O) groups is 1. The zero-order valence-corrected chi connectivity index (χ0v) is 20.1. The summed E-state index contributed by atoms with van der Waals surface area (Å²) < 4.78 is 12.0. The molecule has 0 saturated carbocycles. The molecule has 1 atom stereocenters. The molecule has 35 heavy (non-hydrogen) atoms. The molecule has 0 spiro atoms. The Hall–Kier alpha value is -3.86. The number of rotatable bonds is 8. The minimum absolute atomic E-state index is 0.125. The number of hydrogen-bond acceptors (Lipinski definition) is 4. The van der Waals surface area contributed by atoms with Gasteiger partial charge in [0.25, 0.3) is 5.91 Å². The first-order chi connectivity index (χ1) is 17.1. The number of nitrogens with zero attached hydrogens (tertiary/aromatic N) is 1. The van der Waals surface area contributed by atoms with E-state index in [0.29, 0.717) is 29.7 Å². The zero-order chi connectivity index (χ0) is 24.4. The van der Waals surface area contributed by atoms with Crippen LogP contribution in [-0.4, -0.2) is 17.4 Å². The van der Waals surface area contributed by atoms with Crippen LogP contribution in [0.2, 0.25) is 0 Å². The van der Waals surface area contributed by atoms with Crippen LogP contribution in [0.5, 0.6) is 5.75 Å². The molecule has 0 bridgehead atoms. The normalized spacial score (nSPS) is 15.0. The Morgan fingerprint density at radius 3 is 2.54 bits per heavy atom. The molecule has 1 amide bonds. The van der Waals surface area contributed by atoms with Crippen LogP contribution in [0, 0.1) is 6.92 Å². The van der Waals surface area contributed by atoms with E-state index in [-0.39, 0.29) is 17.1 Å². The lowest BCUT2D eigenvalue weighted by Gasteiger charge is -2.25. The van der Waals surface area contributed by atoms with Gasteiger partial charge in [-0.2, -0.15) is 0 Å². The fourth-order valence-corrected chi connectivity index (χ4v) is 4.68. The minimum Gasteiger partial charge on any atom is -0.494 e. The van der Waals surface area contributed by atoms with Crippen LogP contribution in [0.1, 0.15) is 65.0 Å². The molecule has 4 aromatic rings. The minimum atomic E-state index is -0.557. The molecule has 0 radical (unpaired) electrons. The van der Waals surface area contributed by atoms with Gasteiger partial charge in [0.15, 0.2) is 5.43 Å². The maximum Gasteiger partial charge on any atom is 0.291 e. The molecule has 1 aromatic heterocycles. The van der Waals surface area contributed by atoms with Crippen molar-refractivity contribution in [2.45, 2.75) is 45.7 Å². The first-order valence-corrected chi connectivity index (χ1v) is 12.2. The summed E-state index contributed by atoms with van der Waals surface area (Å²) in [5.41, 5.74) is 3.63. The Morgan fingerprint density at radius 1 is 0.943 bits per heavy atom. The van der Waals surface area contributed by atoms with Gasteiger partial charge in [-0.1, -0.05) is 73.9 Å². The summed E-state index contributed by atoms with van der Waals surface area (Å²) in [4.78, 5) is 29.0. The molecule has 1 unspecified atom stereocenters. The van der Waals surface area contributed by atoms with Crippen molar-refractivity contribution in [3.8, 4) is 5.75 Å². The number of fused-ring (bicyclic) bond motifs is 2. The SMILES string of the molecule is CCCCCOc1cccc(C2c3c(oc4ccccc4c3=O)C(=O)N2Cc2ccc(C)cc2)c1. The number of hydrogen-bond donors (Lipinski definition) is 0. The van der Waals surface area contributed by atoms with Crippen molar-refractivity contribution in [1.29, 1.82) is 0 Å². The van der Waals surface area contributed by atoms with Gasteiger partial charge < -0.3 is 14.1 Å². The van der Waals surface area contributed by atoms with Crippen LogP contribution in [-0.2, 0) is 6.54 Å². The number of aryl methyl sites for hydroxylation is 1. The average molecular weight is 468 g/mol. The molecule has 5 nitrogen and oxygen atoms in total. The van der Waals surface area contributed by atoms with Crippen molar-refractivity contribution in [2.75, 3.05) is 6.61 Å². The van der Waals surface area contributed by atoms with Crippen molar-refractivity contribution in [1.82, 2.24) is 4.90 Å². The topological polar surface area (TPSA) is 59.8 Å². The molecule has 5 rings (SSSR count). The van der Waals surface area contributed by atoms with Crippen LogP contribution in [0.15, 0.2) is 82.0 Å². The van der Waals surface area contributed by atoms with Gasteiger partial charge >= 0.3 is 0 Å². The first kappa shape index (κ1) is 22.9. The standard InChI is InChI=1S/C30H29NO4/c1-3-4-7-17-34-23-10-8-9-22(18-23)27-26-28(32)24-11-5-6-12-25(24)35-29(26)30(33)31(27)19-21-15-13-20(2)14-16-21/h5-6,8-16,18,27H,3-4,7,17,19H2,1-2H3. The molecule has 178 valence electrons. The summed E-state index contributed by atoms with van der Waals surface area (Å²) in [7, 11) is 0. The highest BCUT2D eigenvalue weighted by molar-refractivity contribution is 5.99. The summed E-state index contributed by atoms with van der Waals surface area (Å²) in [6.45, 7) is 5.19. The Bertz CT molecular complexity index is 1420. The van der Waals surface area contributed by atoms with Gasteiger partial charge in [-0.25, -0.2) is 0 Å². The lowest BCUT2D eigenvalue weighted by molar-refractivity contribution is 0.0714. The van der Waals surface area contributed by atoms with E-state index in [1.807, 2.05) is 61.5 Å². The predicted molar refractivity (Wildman–Crippen MR) is 137 cm³/mol. The molecule has 2 heterocycles. The maximum absolute atomic E-state index is 13.7. The Labute approximate surface area is 205 Å². The summed E-state index contributed by atoms with van der Waals surface area (Å²) in [6, 6.07) is 22.3. The fourth-order valence-electron chi connectivity index (χ4n) is 4.68. The lowest BCUT2D eigenvalue weighted by Crippen LogP contribution is -2.29. The van der Waals surface area contributed by atoms with Crippen molar-refractivity contribution in [3.05, 3.63) is 111 Å². The van der Waals surface area contributed by atoms with Crippen LogP contribution >= 0.6 is 0 Å². The number of para-hydroxylation sites is 1. The largest absolute Gasteiger partial charge is 0.494 e. The van der Waals surface area contributed by atoms with E-state index >= 15 is 0 Å². The second-order valence-electron chi connectivity index (χ2n) is 9.12. The molecular formula is C30H29NO4. The molecule has 0 aliphatic carbocycles. The van der Waals surface area contributed by atoms with Gasteiger partial charge in [0, 0.05) is 6.54 Å². The smallest absolute Gasteiger partial charge is 0.291 e. The van der Waals surface area contributed by atoms with Crippen molar-refractivity contribution < 1.29 is 13.9 Å². The van der Waals surface area contributed by atoms with Crippen molar-refractivity contribution in [2.24, 2.45) is 0 Å². The maximum atomic E-state index is 13.7. The zero-order valence-electron chi connectivity index (χ0n) is 20.1. The molecule has 1 aliphatic rings. The highest BCUT2D eigenvalue weighted by Crippen LogP contribution is 2.40. The van der Waals surface area contributed by atoms with Crippen LogP contribution in [0.3, 0.4) is 0 Å². The fraction of sp³-hybridized carbons (Fsp3) is 0.267. The van der Waals surface area contributed by atoms with Gasteiger partial charge in [-0.05, 0) is 48.7 Å². The van der Waals surface area contributed by atoms with E-state index in [1.54, 1.807) is 23.1 Å². The number of ether oxygens (including phenoxy) is 1. The highest BCUT2D eigenvalue weighted by atomic mass is 16.5. The van der Waals surface area contributed by atoms with Gasteiger partial charge in [-0.15, -0.1) is 0 Å². The Morgan fingerprint density at radius 2 is 1.74 bits per heavy atom. The average Bonchev–Trinajstić information content (AvgIpc) is 3.15. The second kappa shape index (κ2) is 9.79. The molecule has 0 fully saturated rings. The quantitative estimate of drug-likeness (QED) is 0.281. The van der Waals surface area contributed by atoms with E-state index in [1.165, 1.54) is 0 Å². The highest BCUT2D eigenvalue weighted by Gasteiger charge is 2.42. The Kier molecular flexibility index (Phi) is 6.41. The summed E-state index contributed by atoms with van der Waals surface area (Å²) in [5.74, 6) is 0.586. The molecular weight excluding hydrogens is 438 g/mol. The van der Waals surface area contributed by atoms with Crippen molar-refractivity contribution in [3.63, 3.8) is 0 Å². The number of amides is 1. The lowest BCUT2D eigenvalue weighted by atomic mass is 9.98. The van der Waals surface area contributed by atoms with Crippen LogP contribution < -0.4 is 10.2 Å². The van der Waals surface area contributed by atoms with Crippen LogP contribution in [0.25, 0.3) is 11.0 Å². The molecule has 0 N–H and O–H groups in total.